The molecular formula is C24H24ClN5O3S. The zero-order chi connectivity index (χ0) is 23.7. The number of sulfonamides is 1. The van der Waals surface area contributed by atoms with Gasteiger partial charge in [0.15, 0.2) is 0 Å². The highest BCUT2D eigenvalue weighted by atomic mass is 35.5. The molecule has 3 heterocycles. The Bertz CT molecular complexity index is 1350. The first-order valence-electron chi connectivity index (χ1n) is 11.1. The molecule has 0 unspecified atom stereocenters. The van der Waals surface area contributed by atoms with E-state index < -0.39 is 10.0 Å². The summed E-state index contributed by atoms with van der Waals surface area (Å²) in [4.78, 5) is 19.3. The molecule has 2 aliphatic heterocycles. The van der Waals surface area contributed by atoms with Gasteiger partial charge in [-0.25, -0.2) is 13.4 Å². The normalized spacial score (nSPS) is 17.9. The fourth-order valence-electron chi connectivity index (χ4n) is 4.31. The van der Waals surface area contributed by atoms with Crippen LogP contribution >= 0.6 is 11.6 Å². The Kier molecular flexibility index (Phi) is 6.24. The average molecular weight is 498 g/mol. The highest BCUT2D eigenvalue weighted by molar-refractivity contribution is 7.89. The van der Waals surface area contributed by atoms with E-state index in [0.717, 1.165) is 48.1 Å². The number of pyridine rings is 1. The number of carbonyl (C=O) groups excluding carboxylic acids is 1. The highest BCUT2D eigenvalue weighted by Crippen LogP contribution is 2.25. The monoisotopic (exact) mass is 497 g/mol. The number of halogens is 1. The second-order valence-electron chi connectivity index (χ2n) is 8.37. The SMILES string of the molecule is O=C1CN(S(=O)(=O)c2ccc3cc(Cl)ccc3c2)CCN1N=C1CCN(c2ccncc2)CC1. The molecule has 2 aliphatic rings. The minimum absolute atomic E-state index is 0.165. The van der Waals surface area contributed by atoms with E-state index in [0.29, 0.717) is 5.02 Å². The first-order valence-corrected chi connectivity index (χ1v) is 12.9. The molecule has 2 fully saturated rings. The molecule has 34 heavy (non-hydrogen) atoms. The van der Waals surface area contributed by atoms with Gasteiger partial charge in [-0.05, 0) is 47.2 Å². The second-order valence-corrected chi connectivity index (χ2v) is 10.7. The Morgan fingerprint density at radius 1 is 0.882 bits per heavy atom. The van der Waals surface area contributed by atoms with Crippen molar-refractivity contribution in [3.05, 3.63) is 65.9 Å². The summed E-state index contributed by atoms with van der Waals surface area (Å²) in [7, 11) is -3.80. The minimum Gasteiger partial charge on any atom is -0.371 e. The summed E-state index contributed by atoms with van der Waals surface area (Å²) in [6.07, 6.45) is 5.07. The summed E-state index contributed by atoms with van der Waals surface area (Å²) in [6.45, 7) is 1.85. The standard InChI is InChI=1S/C24H24ClN5O3S/c25-20-3-1-19-16-23(4-2-18(19)15-20)34(32,33)29-13-14-30(24(31)17-29)27-21-7-11-28(12-8-21)22-5-9-26-10-6-22/h1-6,9-10,15-16H,7-8,11-14,17H2. The summed E-state index contributed by atoms with van der Waals surface area (Å²) in [5.74, 6) is -0.313. The van der Waals surface area contributed by atoms with Crippen molar-refractivity contribution in [2.75, 3.05) is 37.6 Å². The Morgan fingerprint density at radius 3 is 2.32 bits per heavy atom. The van der Waals surface area contributed by atoms with Gasteiger partial charge >= 0.3 is 0 Å². The number of nitrogens with zero attached hydrogens (tertiary/aromatic N) is 5. The zero-order valence-corrected chi connectivity index (χ0v) is 20.0. The molecule has 0 radical (unpaired) electrons. The molecule has 5 rings (SSSR count). The predicted molar refractivity (Wildman–Crippen MR) is 133 cm³/mol. The quantitative estimate of drug-likeness (QED) is 0.551. The number of rotatable bonds is 4. The lowest BCUT2D eigenvalue weighted by atomic mass is 10.1. The Morgan fingerprint density at radius 2 is 1.59 bits per heavy atom. The molecule has 0 N–H and O–H groups in total. The van der Waals surface area contributed by atoms with Crippen molar-refractivity contribution in [1.82, 2.24) is 14.3 Å². The molecule has 1 amide bonds. The second kappa shape index (κ2) is 9.32. The molecule has 0 bridgehead atoms. The van der Waals surface area contributed by atoms with E-state index in [-0.39, 0.29) is 30.4 Å². The maximum absolute atomic E-state index is 13.2. The fraction of sp³-hybridized carbons (Fsp3) is 0.292. The molecule has 0 atom stereocenters. The molecular weight excluding hydrogens is 474 g/mol. The van der Waals surface area contributed by atoms with E-state index in [1.165, 1.54) is 9.31 Å². The molecule has 176 valence electrons. The van der Waals surface area contributed by atoms with Crippen LogP contribution in [-0.4, -0.2) is 67.1 Å². The van der Waals surface area contributed by atoms with E-state index >= 15 is 0 Å². The van der Waals surface area contributed by atoms with Gasteiger partial charge in [0, 0.05) is 61.3 Å². The number of carbonyl (C=O) groups is 1. The van der Waals surface area contributed by atoms with Crippen LogP contribution in [0, 0.1) is 0 Å². The van der Waals surface area contributed by atoms with Gasteiger partial charge in [-0.1, -0.05) is 23.7 Å². The minimum atomic E-state index is -3.80. The lowest BCUT2D eigenvalue weighted by molar-refractivity contribution is -0.134. The Hall–Kier alpha value is -3.01. The molecule has 10 heteroatoms. The van der Waals surface area contributed by atoms with Gasteiger partial charge in [0.1, 0.15) is 0 Å². The number of fused-ring (bicyclic) bond motifs is 1. The average Bonchev–Trinajstić information content (AvgIpc) is 2.86. The lowest BCUT2D eigenvalue weighted by Crippen LogP contribution is -2.50. The number of hydrazone groups is 1. The number of anilines is 1. The van der Waals surface area contributed by atoms with Crippen molar-refractivity contribution in [1.29, 1.82) is 0 Å². The van der Waals surface area contributed by atoms with Gasteiger partial charge in [0.25, 0.3) is 5.91 Å². The van der Waals surface area contributed by atoms with Crippen LogP contribution in [0.4, 0.5) is 5.69 Å². The fourth-order valence-corrected chi connectivity index (χ4v) is 5.90. The molecule has 3 aromatic rings. The number of piperazine rings is 1. The first kappa shape index (κ1) is 22.8. The largest absolute Gasteiger partial charge is 0.371 e. The number of aromatic nitrogens is 1. The molecule has 8 nitrogen and oxygen atoms in total. The predicted octanol–water partition coefficient (Wildman–Crippen LogP) is 3.38. The van der Waals surface area contributed by atoms with Gasteiger partial charge in [-0.15, -0.1) is 0 Å². The number of hydrogen-bond donors (Lipinski definition) is 0. The van der Waals surface area contributed by atoms with Crippen LogP contribution < -0.4 is 4.90 Å². The van der Waals surface area contributed by atoms with Crippen molar-refractivity contribution in [3.8, 4) is 0 Å². The maximum atomic E-state index is 13.2. The smallest absolute Gasteiger partial charge is 0.258 e. The van der Waals surface area contributed by atoms with Crippen LogP contribution in [0.15, 0.2) is 70.9 Å². The Balaban J connectivity index is 1.24. The zero-order valence-electron chi connectivity index (χ0n) is 18.5. The van der Waals surface area contributed by atoms with Crippen LogP contribution in [0.1, 0.15) is 12.8 Å². The topological polar surface area (TPSA) is 86.2 Å². The van der Waals surface area contributed by atoms with Crippen LogP contribution in [0.5, 0.6) is 0 Å². The lowest BCUT2D eigenvalue weighted by Gasteiger charge is -2.33. The molecule has 0 spiro atoms. The van der Waals surface area contributed by atoms with Gasteiger partial charge in [-0.3, -0.25) is 9.78 Å². The molecule has 1 aromatic heterocycles. The maximum Gasteiger partial charge on any atom is 0.258 e. The number of piperidine rings is 1. The van der Waals surface area contributed by atoms with Crippen LogP contribution in [0.25, 0.3) is 10.8 Å². The summed E-state index contributed by atoms with van der Waals surface area (Å²) >= 11 is 6.02. The first-order chi connectivity index (χ1) is 16.4. The van der Waals surface area contributed by atoms with E-state index in [1.807, 2.05) is 12.1 Å². The molecule has 0 aliphatic carbocycles. The molecule has 0 saturated carbocycles. The summed E-state index contributed by atoms with van der Waals surface area (Å²) in [6, 6.07) is 14.2. The third-order valence-corrected chi connectivity index (χ3v) is 8.28. The number of hydrogen-bond acceptors (Lipinski definition) is 6. The van der Waals surface area contributed by atoms with Crippen molar-refractivity contribution in [3.63, 3.8) is 0 Å². The van der Waals surface area contributed by atoms with Crippen LogP contribution in [-0.2, 0) is 14.8 Å². The van der Waals surface area contributed by atoms with Gasteiger partial charge in [0.05, 0.1) is 18.0 Å². The van der Waals surface area contributed by atoms with Gasteiger partial charge in [-0.2, -0.15) is 9.41 Å². The number of benzene rings is 2. The van der Waals surface area contributed by atoms with E-state index in [1.54, 1.807) is 48.8 Å². The van der Waals surface area contributed by atoms with Crippen LogP contribution in [0.2, 0.25) is 5.02 Å². The molecule has 2 saturated heterocycles. The van der Waals surface area contributed by atoms with E-state index in [9.17, 15) is 13.2 Å². The highest BCUT2D eigenvalue weighted by Gasteiger charge is 2.33. The van der Waals surface area contributed by atoms with Crippen molar-refractivity contribution in [2.24, 2.45) is 5.10 Å². The van der Waals surface area contributed by atoms with E-state index in [4.69, 9.17) is 11.6 Å². The van der Waals surface area contributed by atoms with Crippen molar-refractivity contribution < 1.29 is 13.2 Å². The molecule has 2 aromatic carbocycles. The van der Waals surface area contributed by atoms with Crippen molar-refractivity contribution >= 4 is 49.7 Å². The van der Waals surface area contributed by atoms with Crippen LogP contribution in [0.3, 0.4) is 0 Å². The summed E-state index contributed by atoms with van der Waals surface area (Å²) < 4.78 is 27.6. The number of amides is 1. The van der Waals surface area contributed by atoms with E-state index in [2.05, 4.69) is 15.0 Å². The Labute approximate surface area is 203 Å². The third-order valence-electron chi connectivity index (χ3n) is 6.20. The summed E-state index contributed by atoms with van der Waals surface area (Å²) in [5.41, 5.74) is 2.09. The third kappa shape index (κ3) is 4.64. The van der Waals surface area contributed by atoms with Gasteiger partial charge < -0.3 is 4.90 Å². The van der Waals surface area contributed by atoms with Gasteiger partial charge in [0.2, 0.25) is 10.0 Å². The summed E-state index contributed by atoms with van der Waals surface area (Å²) in [5, 5.41) is 8.22. The van der Waals surface area contributed by atoms with Crippen molar-refractivity contribution in [2.45, 2.75) is 17.7 Å².